The number of nitrogens with zero attached hydrogens (tertiary/aromatic N) is 1. The maximum Gasteiger partial charge on any atom is 0.408 e. The third-order valence-electron chi connectivity index (χ3n) is 5.91. The first-order valence-electron chi connectivity index (χ1n) is 12.6. The number of alkyl carbamates (subject to hydrolysis) is 1. The molecule has 2 rings (SSSR count). The van der Waals surface area contributed by atoms with Gasteiger partial charge in [-0.2, -0.15) is 0 Å². The lowest BCUT2D eigenvalue weighted by atomic mass is 9.87. The first-order valence-corrected chi connectivity index (χ1v) is 12.6. The summed E-state index contributed by atoms with van der Waals surface area (Å²) in [4.78, 5) is 53.1. The van der Waals surface area contributed by atoms with Gasteiger partial charge in [0.1, 0.15) is 23.4 Å². The molecule has 1 fully saturated rings. The van der Waals surface area contributed by atoms with Gasteiger partial charge in [0.05, 0.1) is 6.42 Å². The molecule has 1 aliphatic rings. The van der Waals surface area contributed by atoms with Crippen LogP contribution in [0.5, 0.6) is 5.75 Å². The second kappa shape index (κ2) is 13.1. The Bertz CT molecular complexity index is 925. The summed E-state index contributed by atoms with van der Waals surface area (Å²) < 4.78 is 5.28. The normalized spacial score (nSPS) is 15.2. The average molecular weight is 505 g/mol. The minimum atomic E-state index is -1.31. The van der Waals surface area contributed by atoms with Crippen LogP contribution in [0.3, 0.4) is 0 Å². The van der Waals surface area contributed by atoms with Crippen molar-refractivity contribution in [1.29, 1.82) is 0 Å². The molecule has 4 amide bonds. The second-order valence-corrected chi connectivity index (χ2v) is 10.2. The predicted molar refractivity (Wildman–Crippen MR) is 135 cm³/mol. The lowest BCUT2D eigenvalue weighted by Crippen LogP contribution is -2.58. The van der Waals surface area contributed by atoms with Crippen LogP contribution in [0.25, 0.3) is 0 Å². The summed E-state index contributed by atoms with van der Waals surface area (Å²) >= 11 is 0. The van der Waals surface area contributed by atoms with E-state index in [9.17, 15) is 24.3 Å². The number of aromatic hydroxyl groups is 1. The molecule has 10 nitrogen and oxygen atoms in total. The van der Waals surface area contributed by atoms with Crippen LogP contribution in [0, 0.1) is 0 Å². The molecule has 0 radical (unpaired) electrons. The first kappa shape index (κ1) is 28.9. The quantitative estimate of drug-likeness (QED) is 0.321. The highest BCUT2D eigenvalue weighted by Crippen LogP contribution is 2.34. The van der Waals surface area contributed by atoms with Gasteiger partial charge in [0.15, 0.2) is 0 Å². The second-order valence-electron chi connectivity index (χ2n) is 10.2. The molecule has 2 atom stereocenters. The van der Waals surface area contributed by atoms with Crippen LogP contribution in [-0.2, 0) is 19.1 Å². The number of ether oxygens (including phenoxy) is 1. The molecule has 0 heterocycles. The number of carbonyl (C=O) groups is 4. The van der Waals surface area contributed by atoms with E-state index in [0.29, 0.717) is 24.9 Å². The van der Waals surface area contributed by atoms with Crippen molar-refractivity contribution >= 4 is 23.8 Å². The van der Waals surface area contributed by atoms with Crippen LogP contribution in [0.15, 0.2) is 24.3 Å². The van der Waals surface area contributed by atoms with E-state index in [1.807, 2.05) is 0 Å². The zero-order chi connectivity index (χ0) is 26.9. The summed E-state index contributed by atoms with van der Waals surface area (Å²) in [6.07, 6.45) is 3.61. The highest BCUT2D eigenvalue weighted by Gasteiger charge is 2.42. The van der Waals surface area contributed by atoms with E-state index in [1.54, 1.807) is 32.9 Å². The van der Waals surface area contributed by atoms with Crippen molar-refractivity contribution in [3.63, 3.8) is 0 Å². The summed E-state index contributed by atoms with van der Waals surface area (Å²) in [6, 6.07) is 3.54. The Hall–Kier alpha value is -3.30. The number of nitrogens with one attached hydrogen (secondary N) is 2. The fourth-order valence-corrected chi connectivity index (χ4v) is 4.03. The van der Waals surface area contributed by atoms with Crippen molar-refractivity contribution in [2.45, 2.75) is 96.4 Å². The Kier molecular flexibility index (Phi) is 10.6. The lowest BCUT2D eigenvalue weighted by molar-refractivity contribution is -0.148. The van der Waals surface area contributed by atoms with Crippen LogP contribution in [0.1, 0.15) is 84.2 Å². The molecule has 0 spiro atoms. The number of hydrogen-bond donors (Lipinski definition) is 4. The molecule has 36 heavy (non-hydrogen) atoms. The number of unbranched alkanes of at least 4 members (excludes halogenated alkanes) is 2. The predicted octanol–water partition coefficient (Wildman–Crippen LogP) is 2.89. The van der Waals surface area contributed by atoms with Gasteiger partial charge in [-0.25, -0.2) is 4.79 Å². The SMILES string of the molecule is CCCCCNC(=O)C(c1cccc(O)c1)N(C(=O)C(CC(N)=O)NC(=O)OC(C)(C)C)C1CCC1. The maximum absolute atomic E-state index is 13.9. The molecule has 1 aliphatic carbocycles. The summed E-state index contributed by atoms with van der Waals surface area (Å²) in [7, 11) is 0. The summed E-state index contributed by atoms with van der Waals surface area (Å²) in [6.45, 7) is 7.54. The van der Waals surface area contributed by atoms with Gasteiger partial charge >= 0.3 is 6.09 Å². The average Bonchev–Trinajstić information content (AvgIpc) is 2.72. The number of phenolic OH excluding ortho intramolecular Hbond substituents is 1. The number of hydrogen-bond acceptors (Lipinski definition) is 6. The number of amides is 4. The number of nitrogens with two attached hydrogens (primary N) is 1. The van der Waals surface area contributed by atoms with E-state index in [2.05, 4.69) is 17.6 Å². The monoisotopic (exact) mass is 504 g/mol. The van der Waals surface area contributed by atoms with Crippen LogP contribution >= 0.6 is 0 Å². The molecule has 1 saturated carbocycles. The van der Waals surface area contributed by atoms with Crippen LogP contribution in [-0.4, -0.2) is 58.1 Å². The van der Waals surface area contributed by atoms with Crippen molar-refractivity contribution < 1.29 is 29.0 Å². The van der Waals surface area contributed by atoms with Crippen molar-refractivity contribution in [2.24, 2.45) is 5.73 Å². The zero-order valence-electron chi connectivity index (χ0n) is 21.7. The molecule has 10 heteroatoms. The molecule has 0 saturated heterocycles. The van der Waals surface area contributed by atoms with Gasteiger partial charge in [0, 0.05) is 12.6 Å². The van der Waals surface area contributed by atoms with Gasteiger partial charge in [-0.05, 0) is 64.2 Å². The van der Waals surface area contributed by atoms with E-state index in [4.69, 9.17) is 10.5 Å². The fraction of sp³-hybridized carbons (Fsp3) is 0.615. The minimum Gasteiger partial charge on any atom is -0.508 e. The van der Waals surface area contributed by atoms with E-state index in [1.165, 1.54) is 17.0 Å². The Morgan fingerprint density at radius 2 is 1.89 bits per heavy atom. The molecular formula is C26H40N4O6. The van der Waals surface area contributed by atoms with Crippen molar-refractivity contribution in [3.8, 4) is 5.75 Å². The van der Waals surface area contributed by atoms with Gasteiger partial charge in [-0.1, -0.05) is 31.9 Å². The number of phenols is 1. The first-order chi connectivity index (χ1) is 16.9. The van der Waals surface area contributed by atoms with E-state index < -0.39 is 47.9 Å². The van der Waals surface area contributed by atoms with Gasteiger partial charge in [0.2, 0.25) is 17.7 Å². The molecule has 0 aromatic heterocycles. The van der Waals surface area contributed by atoms with Gasteiger partial charge < -0.3 is 31.1 Å². The third-order valence-corrected chi connectivity index (χ3v) is 5.91. The van der Waals surface area contributed by atoms with Gasteiger partial charge in [-0.15, -0.1) is 0 Å². The largest absolute Gasteiger partial charge is 0.508 e. The van der Waals surface area contributed by atoms with Crippen LogP contribution in [0.4, 0.5) is 4.79 Å². The Morgan fingerprint density at radius 3 is 2.42 bits per heavy atom. The summed E-state index contributed by atoms with van der Waals surface area (Å²) in [5, 5.41) is 15.5. The number of rotatable bonds is 12. The Balaban J connectivity index is 2.43. The molecule has 1 aromatic carbocycles. The van der Waals surface area contributed by atoms with E-state index in [-0.39, 0.29) is 11.8 Å². The Labute approximate surface area is 212 Å². The molecular weight excluding hydrogens is 464 g/mol. The van der Waals surface area contributed by atoms with Crippen LogP contribution in [0.2, 0.25) is 0 Å². The van der Waals surface area contributed by atoms with E-state index >= 15 is 0 Å². The van der Waals surface area contributed by atoms with Gasteiger partial charge in [0.25, 0.3) is 0 Å². The van der Waals surface area contributed by atoms with E-state index in [0.717, 1.165) is 25.7 Å². The standard InChI is InChI=1S/C26H40N4O6/c1-5-6-7-14-28-23(33)22(17-10-8-13-19(31)15-17)30(18-11-9-12-18)24(34)20(16-21(27)32)29-25(35)36-26(2,3)4/h8,10,13,15,18,20,22,31H,5-7,9,11-12,14,16H2,1-4H3,(H2,27,32)(H,28,33)(H,29,35). The number of benzene rings is 1. The van der Waals surface area contributed by atoms with Crippen LogP contribution < -0.4 is 16.4 Å². The minimum absolute atomic E-state index is 0.0437. The van der Waals surface area contributed by atoms with Crippen molar-refractivity contribution in [1.82, 2.24) is 15.5 Å². The topological polar surface area (TPSA) is 151 Å². The lowest BCUT2D eigenvalue weighted by Gasteiger charge is -2.43. The molecule has 0 bridgehead atoms. The third kappa shape index (κ3) is 8.73. The molecule has 2 unspecified atom stereocenters. The fourth-order valence-electron chi connectivity index (χ4n) is 4.03. The van der Waals surface area contributed by atoms with Crippen molar-refractivity contribution in [3.05, 3.63) is 29.8 Å². The smallest absolute Gasteiger partial charge is 0.408 e. The molecule has 5 N–H and O–H groups in total. The molecule has 1 aromatic rings. The molecule has 0 aliphatic heterocycles. The number of primary amides is 1. The number of carbonyl (C=O) groups excluding carboxylic acids is 4. The molecule has 200 valence electrons. The highest BCUT2D eigenvalue weighted by atomic mass is 16.6. The Morgan fingerprint density at radius 1 is 1.19 bits per heavy atom. The summed E-state index contributed by atoms with van der Waals surface area (Å²) in [5.41, 5.74) is 5.01. The summed E-state index contributed by atoms with van der Waals surface area (Å²) in [5.74, 6) is -1.83. The van der Waals surface area contributed by atoms with Crippen molar-refractivity contribution in [2.75, 3.05) is 6.54 Å². The zero-order valence-corrected chi connectivity index (χ0v) is 21.7. The maximum atomic E-state index is 13.9. The highest BCUT2D eigenvalue weighted by molar-refractivity contribution is 5.94. The van der Waals surface area contributed by atoms with Gasteiger partial charge in [-0.3, -0.25) is 14.4 Å².